The van der Waals surface area contributed by atoms with Crippen LogP contribution in [0.5, 0.6) is 0 Å². The van der Waals surface area contributed by atoms with E-state index in [4.69, 9.17) is 0 Å². The van der Waals surface area contributed by atoms with Crippen molar-refractivity contribution >= 4 is 11.6 Å². The molecule has 1 saturated carbocycles. The Balaban J connectivity index is 1.96. The Bertz CT molecular complexity index is 435. The van der Waals surface area contributed by atoms with Crippen molar-refractivity contribution in [1.82, 2.24) is 0 Å². The summed E-state index contributed by atoms with van der Waals surface area (Å²) in [6, 6.07) is 8.21. The van der Waals surface area contributed by atoms with Gasteiger partial charge in [-0.1, -0.05) is 51.3 Å². The number of anilines is 1. The maximum Gasteiger partial charge on any atom is 0.224 e. The first-order valence-electron chi connectivity index (χ1n) is 8.09. The number of benzene rings is 1. The Kier molecular flexibility index (Phi) is 5.63. The molecule has 0 radical (unpaired) electrons. The first-order valence-corrected chi connectivity index (χ1v) is 8.09. The molecule has 20 heavy (non-hydrogen) atoms. The van der Waals surface area contributed by atoms with E-state index in [0.29, 0.717) is 18.3 Å². The van der Waals surface area contributed by atoms with Crippen molar-refractivity contribution in [2.75, 3.05) is 5.32 Å². The molecule has 1 aliphatic carbocycles. The lowest BCUT2D eigenvalue weighted by Crippen LogP contribution is -2.19. The van der Waals surface area contributed by atoms with Gasteiger partial charge in [0.15, 0.2) is 0 Å². The smallest absolute Gasteiger partial charge is 0.224 e. The van der Waals surface area contributed by atoms with Gasteiger partial charge in [-0.25, -0.2) is 0 Å². The summed E-state index contributed by atoms with van der Waals surface area (Å²) < 4.78 is 0. The number of hydrogen-bond acceptors (Lipinski definition) is 1. The predicted octanol–water partition coefficient (Wildman–Crippen LogP) is 5.11. The Morgan fingerprint density at radius 1 is 1.25 bits per heavy atom. The van der Waals surface area contributed by atoms with Gasteiger partial charge in [0.25, 0.3) is 0 Å². The highest BCUT2D eigenvalue weighted by Crippen LogP contribution is 2.29. The van der Waals surface area contributed by atoms with E-state index < -0.39 is 0 Å². The van der Waals surface area contributed by atoms with Crippen LogP contribution in [0.3, 0.4) is 0 Å². The highest BCUT2D eigenvalue weighted by atomic mass is 16.1. The maximum atomic E-state index is 12.2. The lowest BCUT2D eigenvalue weighted by molar-refractivity contribution is -0.117. The van der Waals surface area contributed by atoms with E-state index in [1.54, 1.807) is 0 Å². The number of nitrogens with one attached hydrogen (secondary N) is 1. The third-order valence-corrected chi connectivity index (χ3v) is 4.58. The molecule has 1 amide bonds. The molecule has 1 N–H and O–H groups in total. The number of carbonyl (C=O) groups excluding carboxylic acids is 1. The van der Waals surface area contributed by atoms with E-state index in [9.17, 15) is 4.79 Å². The molecule has 1 aliphatic rings. The topological polar surface area (TPSA) is 29.1 Å². The van der Waals surface area contributed by atoms with Crippen LogP contribution in [0, 0.1) is 5.92 Å². The van der Waals surface area contributed by atoms with E-state index in [1.807, 2.05) is 12.1 Å². The minimum atomic E-state index is 0.188. The second-order valence-electron chi connectivity index (χ2n) is 6.15. The standard InChI is InChI=1S/C18H27NO/c1-3-14(2)16-11-7-8-12-17(16)19-18(20)13-15-9-5-4-6-10-15/h7-8,11-12,14-15H,3-6,9-10,13H2,1-2H3,(H,19,20). The summed E-state index contributed by atoms with van der Waals surface area (Å²) >= 11 is 0. The fourth-order valence-corrected chi connectivity index (χ4v) is 3.12. The van der Waals surface area contributed by atoms with Crippen LogP contribution in [0.25, 0.3) is 0 Å². The van der Waals surface area contributed by atoms with Gasteiger partial charge in [0.05, 0.1) is 0 Å². The van der Waals surface area contributed by atoms with Crippen LogP contribution in [0.1, 0.15) is 70.3 Å². The highest BCUT2D eigenvalue weighted by Gasteiger charge is 2.18. The van der Waals surface area contributed by atoms with Crippen molar-refractivity contribution < 1.29 is 4.79 Å². The van der Waals surface area contributed by atoms with E-state index in [0.717, 1.165) is 12.1 Å². The zero-order chi connectivity index (χ0) is 14.4. The second-order valence-corrected chi connectivity index (χ2v) is 6.15. The molecule has 0 aromatic heterocycles. The monoisotopic (exact) mass is 273 g/mol. The summed E-state index contributed by atoms with van der Waals surface area (Å²) in [6.07, 6.45) is 8.16. The number of rotatable bonds is 5. The highest BCUT2D eigenvalue weighted by molar-refractivity contribution is 5.91. The normalized spacial score (nSPS) is 17.7. The molecule has 0 saturated heterocycles. The molecule has 2 nitrogen and oxygen atoms in total. The zero-order valence-corrected chi connectivity index (χ0v) is 12.8. The molecule has 1 fully saturated rings. The molecule has 0 heterocycles. The van der Waals surface area contributed by atoms with Crippen LogP contribution in [0.2, 0.25) is 0 Å². The third-order valence-electron chi connectivity index (χ3n) is 4.58. The van der Waals surface area contributed by atoms with Gasteiger partial charge < -0.3 is 5.32 Å². The van der Waals surface area contributed by atoms with Crippen LogP contribution in [0.4, 0.5) is 5.69 Å². The van der Waals surface area contributed by atoms with Crippen LogP contribution >= 0.6 is 0 Å². The van der Waals surface area contributed by atoms with E-state index in [2.05, 4.69) is 31.3 Å². The summed E-state index contributed by atoms with van der Waals surface area (Å²) in [4.78, 5) is 12.2. The molecule has 2 heteroatoms. The van der Waals surface area contributed by atoms with Crippen molar-refractivity contribution in [3.05, 3.63) is 29.8 Å². The quantitative estimate of drug-likeness (QED) is 0.793. The summed E-state index contributed by atoms with van der Waals surface area (Å²) in [5, 5.41) is 3.13. The minimum absolute atomic E-state index is 0.188. The fourth-order valence-electron chi connectivity index (χ4n) is 3.12. The van der Waals surface area contributed by atoms with E-state index in [-0.39, 0.29) is 5.91 Å². The van der Waals surface area contributed by atoms with Crippen LogP contribution in [0.15, 0.2) is 24.3 Å². The molecule has 0 bridgehead atoms. The van der Waals surface area contributed by atoms with Crippen LogP contribution < -0.4 is 5.32 Å². The fraction of sp³-hybridized carbons (Fsp3) is 0.611. The molecule has 1 aromatic rings. The van der Waals surface area contributed by atoms with E-state index >= 15 is 0 Å². The lowest BCUT2D eigenvalue weighted by atomic mass is 9.87. The molecule has 1 atom stereocenters. The molecule has 0 aliphatic heterocycles. The maximum absolute atomic E-state index is 12.2. The molecule has 0 spiro atoms. The molecule has 2 rings (SSSR count). The summed E-state index contributed by atoms with van der Waals surface area (Å²) in [5.74, 6) is 1.27. The molecular weight excluding hydrogens is 246 g/mol. The van der Waals surface area contributed by atoms with Gasteiger partial charge in [0.2, 0.25) is 5.91 Å². The first kappa shape index (κ1) is 15.1. The average Bonchev–Trinajstić information content (AvgIpc) is 2.48. The van der Waals surface area contributed by atoms with Gasteiger partial charge in [-0.05, 0) is 42.7 Å². The molecular formula is C18H27NO. The number of amides is 1. The van der Waals surface area contributed by atoms with Crippen LogP contribution in [-0.2, 0) is 4.79 Å². The van der Waals surface area contributed by atoms with Gasteiger partial charge in [0.1, 0.15) is 0 Å². The van der Waals surface area contributed by atoms with Crippen molar-refractivity contribution in [2.24, 2.45) is 5.92 Å². The van der Waals surface area contributed by atoms with Crippen molar-refractivity contribution in [1.29, 1.82) is 0 Å². The van der Waals surface area contributed by atoms with Gasteiger partial charge in [0, 0.05) is 12.1 Å². The lowest BCUT2D eigenvalue weighted by Gasteiger charge is -2.21. The number of para-hydroxylation sites is 1. The van der Waals surface area contributed by atoms with Gasteiger partial charge in [-0.15, -0.1) is 0 Å². The Morgan fingerprint density at radius 2 is 1.95 bits per heavy atom. The van der Waals surface area contributed by atoms with Crippen molar-refractivity contribution in [2.45, 2.75) is 64.7 Å². The number of hydrogen-bond donors (Lipinski definition) is 1. The van der Waals surface area contributed by atoms with Crippen LogP contribution in [-0.4, -0.2) is 5.91 Å². The number of carbonyl (C=O) groups is 1. The van der Waals surface area contributed by atoms with Gasteiger partial charge >= 0.3 is 0 Å². The van der Waals surface area contributed by atoms with Gasteiger partial charge in [-0.2, -0.15) is 0 Å². The summed E-state index contributed by atoms with van der Waals surface area (Å²) in [6.45, 7) is 4.40. The Morgan fingerprint density at radius 3 is 2.65 bits per heavy atom. The van der Waals surface area contributed by atoms with Crippen molar-refractivity contribution in [3.8, 4) is 0 Å². The second kappa shape index (κ2) is 7.47. The predicted molar refractivity (Wildman–Crippen MR) is 85.0 cm³/mol. The summed E-state index contributed by atoms with van der Waals surface area (Å²) in [5.41, 5.74) is 2.26. The SMILES string of the molecule is CCC(C)c1ccccc1NC(=O)CC1CCCCC1. The molecule has 1 unspecified atom stereocenters. The van der Waals surface area contributed by atoms with Crippen molar-refractivity contribution in [3.63, 3.8) is 0 Å². The summed E-state index contributed by atoms with van der Waals surface area (Å²) in [7, 11) is 0. The Hall–Kier alpha value is -1.31. The molecule has 110 valence electrons. The molecule has 1 aromatic carbocycles. The third kappa shape index (κ3) is 4.09. The van der Waals surface area contributed by atoms with E-state index in [1.165, 1.54) is 37.7 Å². The largest absolute Gasteiger partial charge is 0.326 e. The average molecular weight is 273 g/mol. The van der Waals surface area contributed by atoms with Gasteiger partial charge in [-0.3, -0.25) is 4.79 Å². The first-order chi connectivity index (χ1) is 9.70. The minimum Gasteiger partial charge on any atom is -0.326 e. The zero-order valence-electron chi connectivity index (χ0n) is 12.8. The Labute approximate surface area is 123 Å².